The summed E-state index contributed by atoms with van der Waals surface area (Å²) in [5, 5.41) is 9.20. The number of carbonyl (C=O) groups excluding carboxylic acids is 1. The molecule has 0 aliphatic rings. The quantitative estimate of drug-likeness (QED) is 0.395. The summed E-state index contributed by atoms with van der Waals surface area (Å²) in [6.45, 7) is 6.77. The Morgan fingerprint density at radius 1 is 1.44 bits per heavy atom. The number of halogens is 1. The SMILES string of the molecule is C=CCn1c(SCC(=O)N(C)Cc2ccc(Cl)s2)nnc1-c1ccoc1C. The number of thiophene rings is 1. The van der Waals surface area contributed by atoms with Crippen LogP contribution in [0.3, 0.4) is 0 Å². The Hall–Kier alpha value is -2.03. The van der Waals surface area contributed by atoms with Crippen molar-refractivity contribution in [2.45, 2.75) is 25.2 Å². The van der Waals surface area contributed by atoms with Gasteiger partial charge in [-0.3, -0.25) is 9.36 Å². The van der Waals surface area contributed by atoms with Gasteiger partial charge in [-0.25, -0.2) is 0 Å². The molecule has 142 valence electrons. The van der Waals surface area contributed by atoms with Crippen molar-refractivity contribution in [1.82, 2.24) is 19.7 Å². The lowest BCUT2D eigenvalue weighted by Crippen LogP contribution is -2.27. The molecule has 0 aliphatic carbocycles. The number of allylic oxidation sites excluding steroid dienone is 1. The summed E-state index contributed by atoms with van der Waals surface area (Å²) in [5.41, 5.74) is 0.884. The van der Waals surface area contributed by atoms with Crippen LogP contribution in [0.5, 0.6) is 0 Å². The molecule has 27 heavy (non-hydrogen) atoms. The molecule has 0 spiro atoms. The Labute approximate surface area is 170 Å². The third-order valence-electron chi connectivity index (χ3n) is 3.90. The van der Waals surface area contributed by atoms with E-state index < -0.39 is 0 Å². The molecule has 0 fully saturated rings. The van der Waals surface area contributed by atoms with E-state index in [1.165, 1.54) is 23.1 Å². The predicted molar refractivity (Wildman–Crippen MR) is 109 cm³/mol. The molecule has 0 unspecified atom stereocenters. The van der Waals surface area contributed by atoms with E-state index in [0.29, 0.717) is 24.1 Å². The molecule has 0 aliphatic heterocycles. The second kappa shape index (κ2) is 8.77. The maximum Gasteiger partial charge on any atom is 0.233 e. The highest BCUT2D eigenvalue weighted by atomic mass is 35.5. The van der Waals surface area contributed by atoms with Crippen molar-refractivity contribution in [3.63, 3.8) is 0 Å². The van der Waals surface area contributed by atoms with Crippen LogP contribution >= 0.6 is 34.7 Å². The van der Waals surface area contributed by atoms with Gasteiger partial charge in [0.15, 0.2) is 11.0 Å². The molecular weight excluding hydrogens is 404 g/mol. The fourth-order valence-electron chi connectivity index (χ4n) is 2.50. The Bertz CT molecular complexity index is 947. The number of hydrogen-bond donors (Lipinski definition) is 0. The fraction of sp³-hybridized carbons (Fsp3) is 0.278. The number of rotatable bonds is 8. The third kappa shape index (κ3) is 4.63. The molecule has 3 heterocycles. The van der Waals surface area contributed by atoms with E-state index in [2.05, 4.69) is 16.8 Å². The topological polar surface area (TPSA) is 64.2 Å². The highest BCUT2D eigenvalue weighted by Gasteiger charge is 2.18. The standard InChI is InChI=1S/C18H19ClN4O2S2/c1-4-8-23-17(14-7-9-25-12(14)2)20-21-18(23)26-11-16(24)22(3)10-13-5-6-15(19)27-13/h4-7,9H,1,8,10-11H2,2-3H3. The largest absolute Gasteiger partial charge is 0.469 e. The normalized spacial score (nSPS) is 10.9. The van der Waals surface area contributed by atoms with E-state index in [1.807, 2.05) is 29.7 Å². The molecule has 3 rings (SSSR count). The van der Waals surface area contributed by atoms with Crippen molar-refractivity contribution in [2.75, 3.05) is 12.8 Å². The van der Waals surface area contributed by atoms with E-state index >= 15 is 0 Å². The molecule has 0 atom stereocenters. The fourth-order valence-corrected chi connectivity index (χ4v) is 4.53. The Balaban J connectivity index is 1.68. The monoisotopic (exact) mass is 422 g/mol. The summed E-state index contributed by atoms with van der Waals surface area (Å²) >= 11 is 8.78. The van der Waals surface area contributed by atoms with Crippen molar-refractivity contribution in [2.24, 2.45) is 0 Å². The number of carbonyl (C=O) groups is 1. The first kappa shape index (κ1) is 19.7. The van der Waals surface area contributed by atoms with Crippen molar-refractivity contribution < 1.29 is 9.21 Å². The van der Waals surface area contributed by atoms with Gasteiger partial charge in [-0.15, -0.1) is 28.1 Å². The molecule has 0 bridgehead atoms. The molecule has 0 N–H and O–H groups in total. The predicted octanol–water partition coefficient (Wildman–Crippen LogP) is 4.50. The Morgan fingerprint density at radius 3 is 2.89 bits per heavy atom. The van der Waals surface area contributed by atoms with Gasteiger partial charge in [0.2, 0.25) is 5.91 Å². The summed E-state index contributed by atoms with van der Waals surface area (Å²) in [5.74, 6) is 1.76. The van der Waals surface area contributed by atoms with E-state index in [-0.39, 0.29) is 11.7 Å². The van der Waals surface area contributed by atoms with Crippen LogP contribution in [-0.4, -0.2) is 38.4 Å². The molecule has 6 nitrogen and oxygen atoms in total. The first-order valence-electron chi connectivity index (χ1n) is 8.19. The second-order valence-electron chi connectivity index (χ2n) is 5.84. The molecule has 0 saturated carbocycles. The van der Waals surface area contributed by atoms with Gasteiger partial charge in [-0.2, -0.15) is 0 Å². The van der Waals surface area contributed by atoms with Crippen molar-refractivity contribution in [3.8, 4) is 11.4 Å². The first-order valence-corrected chi connectivity index (χ1v) is 10.4. The van der Waals surface area contributed by atoms with Crippen LogP contribution < -0.4 is 0 Å². The summed E-state index contributed by atoms with van der Waals surface area (Å²) in [4.78, 5) is 15.2. The van der Waals surface area contributed by atoms with Crippen molar-refractivity contribution in [3.05, 3.63) is 52.1 Å². The van der Waals surface area contributed by atoms with Gasteiger partial charge < -0.3 is 9.32 Å². The van der Waals surface area contributed by atoms with Gasteiger partial charge >= 0.3 is 0 Å². The van der Waals surface area contributed by atoms with E-state index in [4.69, 9.17) is 16.0 Å². The molecule has 9 heteroatoms. The summed E-state index contributed by atoms with van der Waals surface area (Å²) in [6.07, 6.45) is 3.40. The Kier molecular flexibility index (Phi) is 6.41. The molecule has 0 radical (unpaired) electrons. The van der Waals surface area contributed by atoms with E-state index in [0.717, 1.165) is 20.5 Å². The zero-order chi connectivity index (χ0) is 19.4. The first-order chi connectivity index (χ1) is 13.0. The van der Waals surface area contributed by atoms with Crippen LogP contribution in [0, 0.1) is 6.92 Å². The molecule has 1 amide bonds. The van der Waals surface area contributed by atoms with Gasteiger partial charge in [-0.1, -0.05) is 29.4 Å². The maximum absolute atomic E-state index is 12.5. The Morgan fingerprint density at radius 2 is 2.26 bits per heavy atom. The van der Waals surface area contributed by atoms with Crippen LogP contribution in [0.1, 0.15) is 10.6 Å². The summed E-state index contributed by atoms with van der Waals surface area (Å²) < 4.78 is 8.02. The second-order valence-corrected chi connectivity index (χ2v) is 8.58. The molecule has 0 aromatic carbocycles. The minimum atomic E-state index is 0.0127. The number of aryl methyl sites for hydroxylation is 1. The van der Waals surface area contributed by atoms with Crippen LogP contribution in [0.25, 0.3) is 11.4 Å². The van der Waals surface area contributed by atoms with Crippen LogP contribution in [0.15, 0.2) is 46.7 Å². The van der Waals surface area contributed by atoms with Crippen molar-refractivity contribution >= 4 is 40.6 Å². The highest BCUT2D eigenvalue weighted by molar-refractivity contribution is 7.99. The smallest absolute Gasteiger partial charge is 0.233 e. The third-order valence-corrected chi connectivity index (χ3v) is 6.07. The molecule has 3 aromatic rings. The summed E-state index contributed by atoms with van der Waals surface area (Å²) in [6, 6.07) is 5.63. The zero-order valence-electron chi connectivity index (χ0n) is 15.0. The van der Waals surface area contributed by atoms with Crippen LogP contribution in [0.2, 0.25) is 4.34 Å². The number of furan rings is 1. The number of aromatic nitrogens is 3. The van der Waals surface area contributed by atoms with Crippen LogP contribution in [-0.2, 0) is 17.9 Å². The minimum absolute atomic E-state index is 0.0127. The average molecular weight is 423 g/mol. The molecule has 0 saturated heterocycles. The summed E-state index contributed by atoms with van der Waals surface area (Å²) in [7, 11) is 1.78. The lowest BCUT2D eigenvalue weighted by molar-refractivity contribution is -0.127. The molecular formula is C18H19ClN4O2S2. The van der Waals surface area contributed by atoms with Gasteiger partial charge in [0.1, 0.15) is 5.76 Å². The van der Waals surface area contributed by atoms with Gasteiger partial charge in [-0.05, 0) is 25.1 Å². The number of amides is 1. The zero-order valence-corrected chi connectivity index (χ0v) is 17.4. The number of hydrogen-bond acceptors (Lipinski definition) is 6. The van der Waals surface area contributed by atoms with Gasteiger partial charge in [0.25, 0.3) is 0 Å². The highest BCUT2D eigenvalue weighted by Crippen LogP contribution is 2.27. The van der Waals surface area contributed by atoms with Gasteiger partial charge in [0.05, 0.1) is 28.5 Å². The molecule has 3 aromatic heterocycles. The number of thioether (sulfide) groups is 1. The van der Waals surface area contributed by atoms with E-state index in [1.54, 1.807) is 24.3 Å². The number of nitrogens with zero attached hydrogens (tertiary/aromatic N) is 4. The average Bonchev–Trinajstić information content (AvgIpc) is 3.34. The van der Waals surface area contributed by atoms with E-state index in [9.17, 15) is 4.79 Å². The minimum Gasteiger partial charge on any atom is -0.469 e. The van der Waals surface area contributed by atoms with Crippen molar-refractivity contribution in [1.29, 1.82) is 0 Å². The lowest BCUT2D eigenvalue weighted by Gasteiger charge is -2.16. The maximum atomic E-state index is 12.5. The van der Waals surface area contributed by atoms with Crippen LogP contribution in [0.4, 0.5) is 0 Å². The van der Waals surface area contributed by atoms with Gasteiger partial charge in [0, 0.05) is 18.5 Å². The lowest BCUT2D eigenvalue weighted by atomic mass is 10.2.